The fourth-order valence-electron chi connectivity index (χ4n) is 2.09. The number of ether oxygens (including phenoxy) is 2. The van der Waals surface area contributed by atoms with Gasteiger partial charge in [0.1, 0.15) is 18.1 Å². The van der Waals surface area contributed by atoms with Crippen LogP contribution >= 0.6 is 0 Å². The molecule has 0 unspecified atom stereocenters. The smallest absolute Gasteiger partial charge is 0.123 e. The first-order valence-corrected chi connectivity index (χ1v) is 6.86. The van der Waals surface area contributed by atoms with Crippen LogP contribution < -0.4 is 9.47 Å². The van der Waals surface area contributed by atoms with Gasteiger partial charge >= 0.3 is 0 Å². The van der Waals surface area contributed by atoms with Gasteiger partial charge in [-0.25, -0.2) is 0 Å². The number of hydrogen-bond donors (Lipinski definition) is 0. The van der Waals surface area contributed by atoms with E-state index in [1.54, 1.807) is 7.11 Å². The molecule has 2 aromatic carbocycles. The van der Waals surface area contributed by atoms with Crippen LogP contribution in [0, 0.1) is 0 Å². The molecule has 2 rings (SSSR count). The van der Waals surface area contributed by atoms with E-state index in [-0.39, 0.29) is 5.41 Å². The van der Waals surface area contributed by atoms with Crippen LogP contribution in [0.4, 0.5) is 0 Å². The van der Waals surface area contributed by atoms with Crippen LogP contribution in [0.2, 0.25) is 0 Å². The summed E-state index contributed by atoms with van der Waals surface area (Å²) in [5.41, 5.74) is 2.44. The van der Waals surface area contributed by atoms with Gasteiger partial charge in [-0.05, 0) is 34.7 Å². The summed E-state index contributed by atoms with van der Waals surface area (Å²) in [6, 6.07) is 16.2. The van der Waals surface area contributed by atoms with Crippen molar-refractivity contribution in [1.29, 1.82) is 0 Å². The fourth-order valence-corrected chi connectivity index (χ4v) is 2.09. The standard InChI is InChI=1S/C18H22O2/c1-18(2,3)16-7-5-6-8-17(16)20-13-14-9-11-15(19-4)12-10-14/h5-12H,13H2,1-4H3. The summed E-state index contributed by atoms with van der Waals surface area (Å²) >= 11 is 0. The molecule has 0 spiro atoms. The van der Waals surface area contributed by atoms with E-state index >= 15 is 0 Å². The van der Waals surface area contributed by atoms with Gasteiger partial charge in [-0.3, -0.25) is 0 Å². The van der Waals surface area contributed by atoms with Crippen LogP contribution in [0.5, 0.6) is 11.5 Å². The highest BCUT2D eigenvalue weighted by Gasteiger charge is 2.18. The van der Waals surface area contributed by atoms with Crippen molar-refractivity contribution in [1.82, 2.24) is 0 Å². The van der Waals surface area contributed by atoms with Crippen LogP contribution in [0.3, 0.4) is 0 Å². The number of benzene rings is 2. The van der Waals surface area contributed by atoms with Crippen LogP contribution in [-0.4, -0.2) is 7.11 Å². The van der Waals surface area contributed by atoms with E-state index in [4.69, 9.17) is 9.47 Å². The van der Waals surface area contributed by atoms with Gasteiger partial charge in [0.05, 0.1) is 7.11 Å². The minimum absolute atomic E-state index is 0.0799. The molecular formula is C18H22O2. The molecule has 0 aliphatic rings. The molecule has 0 fully saturated rings. The van der Waals surface area contributed by atoms with Gasteiger partial charge in [0.15, 0.2) is 0 Å². The van der Waals surface area contributed by atoms with Gasteiger partial charge in [0.2, 0.25) is 0 Å². The monoisotopic (exact) mass is 270 g/mol. The molecule has 20 heavy (non-hydrogen) atoms. The highest BCUT2D eigenvalue weighted by atomic mass is 16.5. The molecule has 0 heterocycles. The van der Waals surface area contributed by atoms with E-state index in [1.807, 2.05) is 36.4 Å². The second kappa shape index (κ2) is 6.00. The van der Waals surface area contributed by atoms with Gasteiger partial charge in [-0.15, -0.1) is 0 Å². The first-order chi connectivity index (χ1) is 9.50. The third kappa shape index (κ3) is 3.53. The van der Waals surface area contributed by atoms with Crippen LogP contribution in [-0.2, 0) is 12.0 Å². The molecule has 0 atom stereocenters. The summed E-state index contributed by atoms with van der Waals surface area (Å²) in [5, 5.41) is 0. The molecule has 0 aromatic heterocycles. The van der Waals surface area contributed by atoms with Crippen molar-refractivity contribution < 1.29 is 9.47 Å². The molecule has 106 valence electrons. The molecule has 2 nitrogen and oxygen atoms in total. The molecular weight excluding hydrogens is 248 g/mol. The SMILES string of the molecule is COc1ccc(COc2ccccc2C(C)(C)C)cc1. The molecule has 2 aromatic rings. The summed E-state index contributed by atoms with van der Waals surface area (Å²) in [6.45, 7) is 7.16. The van der Waals surface area contributed by atoms with Crippen LogP contribution in [0.25, 0.3) is 0 Å². The highest BCUT2D eigenvalue weighted by molar-refractivity contribution is 5.38. The maximum absolute atomic E-state index is 5.98. The van der Waals surface area contributed by atoms with Crippen molar-refractivity contribution in [3.05, 3.63) is 59.7 Å². The summed E-state index contributed by atoms with van der Waals surface area (Å²) in [6.07, 6.45) is 0. The van der Waals surface area contributed by atoms with Gasteiger partial charge in [-0.1, -0.05) is 51.1 Å². The lowest BCUT2D eigenvalue weighted by Gasteiger charge is -2.22. The molecule has 0 amide bonds. The normalized spacial score (nSPS) is 11.2. The van der Waals surface area contributed by atoms with E-state index in [0.717, 1.165) is 17.1 Å². The Balaban J connectivity index is 2.10. The largest absolute Gasteiger partial charge is 0.497 e. The first-order valence-electron chi connectivity index (χ1n) is 6.86. The Kier molecular flexibility index (Phi) is 4.33. The van der Waals surface area contributed by atoms with E-state index in [2.05, 4.69) is 32.9 Å². The number of rotatable bonds is 4. The lowest BCUT2D eigenvalue weighted by molar-refractivity contribution is 0.297. The molecule has 0 radical (unpaired) electrons. The zero-order valence-corrected chi connectivity index (χ0v) is 12.6. The average Bonchev–Trinajstić information content (AvgIpc) is 2.45. The van der Waals surface area contributed by atoms with Gasteiger partial charge < -0.3 is 9.47 Å². The Morgan fingerprint density at radius 2 is 1.55 bits per heavy atom. The molecule has 0 aliphatic heterocycles. The fraction of sp³-hybridized carbons (Fsp3) is 0.333. The zero-order chi connectivity index (χ0) is 14.6. The lowest BCUT2D eigenvalue weighted by atomic mass is 9.86. The summed E-state index contributed by atoms with van der Waals surface area (Å²) < 4.78 is 11.1. The number of methoxy groups -OCH3 is 1. The number of hydrogen-bond acceptors (Lipinski definition) is 2. The quantitative estimate of drug-likeness (QED) is 0.810. The van der Waals surface area contributed by atoms with Crippen LogP contribution in [0.15, 0.2) is 48.5 Å². The van der Waals surface area contributed by atoms with E-state index in [0.29, 0.717) is 6.61 Å². The minimum atomic E-state index is 0.0799. The maximum Gasteiger partial charge on any atom is 0.123 e. The van der Waals surface area contributed by atoms with Crippen molar-refractivity contribution in [2.75, 3.05) is 7.11 Å². The summed E-state index contributed by atoms with van der Waals surface area (Å²) in [5.74, 6) is 1.82. The van der Waals surface area contributed by atoms with Crippen molar-refractivity contribution in [3.63, 3.8) is 0 Å². The molecule has 0 N–H and O–H groups in total. The lowest BCUT2D eigenvalue weighted by Crippen LogP contribution is -2.13. The average molecular weight is 270 g/mol. The van der Waals surface area contributed by atoms with Crippen molar-refractivity contribution in [3.8, 4) is 11.5 Å². The third-order valence-corrected chi connectivity index (χ3v) is 3.25. The topological polar surface area (TPSA) is 18.5 Å². The first kappa shape index (κ1) is 14.4. The van der Waals surface area contributed by atoms with E-state index in [9.17, 15) is 0 Å². The Morgan fingerprint density at radius 1 is 0.900 bits per heavy atom. The van der Waals surface area contributed by atoms with Crippen molar-refractivity contribution >= 4 is 0 Å². The third-order valence-electron chi connectivity index (χ3n) is 3.25. The van der Waals surface area contributed by atoms with Crippen molar-refractivity contribution in [2.45, 2.75) is 32.8 Å². The Morgan fingerprint density at radius 3 is 2.15 bits per heavy atom. The molecule has 2 heteroatoms. The molecule has 0 bridgehead atoms. The predicted octanol–water partition coefficient (Wildman–Crippen LogP) is 4.57. The second-order valence-corrected chi connectivity index (χ2v) is 5.88. The van der Waals surface area contributed by atoms with Gasteiger partial charge in [0.25, 0.3) is 0 Å². The zero-order valence-electron chi connectivity index (χ0n) is 12.6. The second-order valence-electron chi connectivity index (χ2n) is 5.88. The van der Waals surface area contributed by atoms with Crippen molar-refractivity contribution in [2.24, 2.45) is 0 Å². The minimum Gasteiger partial charge on any atom is -0.497 e. The summed E-state index contributed by atoms with van der Waals surface area (Å²) in [4.78, 5) is 0. The number of para-hydroxylation sites is 1. The Labute approximate surface area is 121 Å². The molecule has 0 saturated carbocycles. The molecule has 0 saturated heterocycles. The highest BCUT2D eigenvalue weighted by Crippen LogP contribution is 2.31. The maximum atomic E-state index is 5.98. The Hall–Kier alpha value is -1.96. The van der Waals surface area contributed by atoms with E-state index < -0.39 is 0 Å². The van der Waals surface area contributed by atoms with Gasteiger partial charge in [0, 0.05) is 0 Å². The van der Waals surface area contributed by atoms with Gasteiger partial charge in [-0.2, -0.15) is 0 Å². The Bertz CT molecular complexity index is 550. The molecule has 0 aliphatic carbocycles. The predicted molar refractivity (Wildman–Crippen MR) is 82.5 cm³/mol. The van der Waals surface area contributed by atoms with Crippen LogP contribution in [0.1, 0.15) is 31.9 Å². The van der Waals surface area contributed by atoms with E-state index in [1.165, 1.54) is 5.56 Å². The summed E-state index contributed by atoms with van der Waals surface area (Å²) in [7, 11) is 1.67.